The van der Waals surface area contributed by atoms with Crippen LogP contribution in [-0.4, -0.2) is 25.7 Å². The minimum atomic E-state index is -1.40. The molecule has 1 aliphatic rings. The zero-order valence-corrected chi connectivity index (χ0v) is 10.3. The second-order valence-corrected chi connectivity index (χ2v) is 4.56. The van der Waals surface area contributed by atoms with E-state index in [-0.39, 0.29) is 0 Å². The Kier molecular flexibility index (Phi) is 4.11. The predicted molar refractivity (Wildman–Crippen MR) is 65.2 cm³/mol. The van der Waals surface area contributed by atoms with Crippen LogP contribution in [0.15, 0.2) is 12.1 Å². The standard InChI is InChI=1S/C13H17F3N2/c1-2-9-3-5-18(6-4-17-9)10-7-11(14)13(16)12(15)8-10/h7-9,17H,2-6H2,1H3. The van der Waals surface area contributed by atoms with Gasteiger partial charge < -0.3 is 10.2 Å². The van der Waals surface area contributed by atoms with Gasteiger partial charge in [-0.05, 0) is 12.8 Å². The Hall–Kier alpha value is -1.23. The Morgan fingerprint density at radius 3 is 2.50 bits per heavy atom. The van der Waals surface area contributed by atoms with E-state index in [0.29, 0.717) is 18.3 Å². The van der Waals surface area contributed by atoms with Crippen molar-refractivity contribution in [2.75, 3.05) is 24.5 Å². The summed E-state index contributed by atoms with van der Waals surface area (Å²) in [4.78, 5) is 1.88. The average molecular weight is 258 g/mol. The van der Waals surface area contributed by atoms with E-state index in [1.54, 1.807) is 0 Å². The lowest BCUT2D eigenvalue weighted by atomic mass is 10.1. The molecule has 1 fully saturated rings. The first kappa shape index (κ1) is 13.2. The summed E-state index contributed by atoms with van der Waals surface area (Å²) in [6.07, 6.45) is 1.94. The number of anilines is 1. The van der Waals surface area contributed by atoms with Gasteiger partial charge in [-0.3, -0.25) is 0 Å². The van der Waals surface area contributed by atoms with Gasteiger partial charge in [-0.1, -0.05) is 6.92 Å². The van der Waals surface area contributed by atoms with E-state index in [1.165, 1.54) is 0 Å². The minimum Gasteiger partial charge on any atom is -0.370 e. The van der Waals surface area contributed by atoms with Crippen molar-refractivity contribution >= 4 is 5.69 Å². The normalized spacial score (nSPS) is 20.9. The molecule has 1 N–H and O–H groups in total. The summed E-state index contributed by atoms with van der Waals surface area (Å²) in [7, 11) is 0. The quantitative estimate of drug-likeness (QED) is 0.820. The fourth-order valence-electron chi connectivity index (χ4n) is 2.26. The van der Waals surface area contributed by atoms with E-state index in [4.69, 9.17) is 0 Å². The van der Waals surface area contributed by atoms with Gasteiger partial charge in [0.05, 0.1) is 0 Å². The van der Waals surface area contributed by atoms with Gasteiger partial charge in [-0.2, -0.15) is 0 Å². The SMILES string of the molecule is CCC1CCN(c2cc(F)c(F)c(F)c2)CCN1. The average Bonchev–Trinajstić information content (AvgIpc) is 2.60. The maximum Gasteiger partial charge on any atom is 0.194 e. The van der Waals surface area contributed by atoms with Crippen molar-refractivity contribution in [3.05, 3.63) is 29.6 Å². The molecule has 1 atom stereocenters. The Morgan fingerprint density at radius 1 is 1.22 bits per heavy atom. The molecule has 1 aromatic rings. The molecule has 1 saturated heterocycles. The highest BCUT2D eigenvalue weighted by Gasteiger charge is 2.18. The first-order valence-corrected chi connectivity index (χ1v) is 6.24. The fourth-order valence-corrected chi connectivity index (χ4v) is 2.26. The smallest absolute Gasteiger partial charge is 0.194 e. The van der Waals surface area contributed by atoms with E-state index in [2.05, 4.69) is 12.2 Å². The van der Waals surface area contributed by atoms with Crippen LogP contribution in [-0.2, 0) is 0 Å². The lowest BCUT2D eigenvalue weighted by Crippen LogP contribution is -2.30. The molecule has 2 rings (SSSR count). The molecular weight excluding hydrogens is 241 g/mol. The maximum atomic E-state index is 13.2. The van der Waals surface area contributed by atoms with Gasteiger partial charge in [0.2, 0.25) is 0 Å². The highest BCUT2D eigenvalue weighted by Crippen LogP contribution is 2.22. The molecule has 0 spiro atoms. The van der Waals surface area contributed by atoms with E-state index < -0.39 is 17.5 Å². The van der Waals surface area contributed by atoms with Crippen molar-refractivity contribution in [2.24, 2.45) is 0 Å². The Labute approximate surface area is 105 Å². The number of nitrogens with one attached hydrogen (secondary N) is 1. The maximum absolute atomic E-state index is 13.2. The summed E-state index contributed by atoms with van der Waals surface area (Å²) in [5.74, 6) is -3.67. The van der Waals surface area contributed by atoms with Crippen molar-refractivity contribution in [3.63, 3.8) is 0 Å². The van der Waals surface area contributed by atoms with Crippen molar-refractivity contribution in [3.8, 4) is 0 Å². The van der Waals surface area contributed by atoms with Crippen LogP contribution >= 0.6 is 0 Å². The monoisotopic (exact) mass is 258 g/mol. The van der Waals surface area contributed by atoms with Crippen LogP contribution < -0.4 is 10.2 Å². The number of hydrogen-bond donors (Lipinski definition) is 1. The molecule has 5 heteroatoms. The van der Waals surface area contributed by atoms with E-state index in [9.17, 15) is 13.2 Å². The Morgan fingerprint density at radius 2 is 1.89 bits per heavy atom. The molecule has 0 radical (unpaired) electrons. The molecule has 1 aliphatic heterocycles. The molecule has 18 heavy (non-hydrogen) atoms. The third-order valence-electron chi connectivity index (χ3n) is 3.39. The molecule has 1 heterocycles. The zero-order chi connectivity index (χ0) is 13.1. The largest absolute Gasteiger partial charge is 0.370 e. The lowest BCUT2D eigenvalue weighted by Gasteiger charge is -2.22. The second kappa shape index (κ2) is 5.61. The van der Waals surface area contributed by atoms with Crippen LogP contribution in [0.2, 0.25) is 0 Å². The first-order chi connectivity index (χ1) is 8.61. The lowest BCUT2D eigenvalue weighted by molar-refractivity contribution is 0.447. The number of hydrogen-bond acceptors (Lipinski definition) is 2. The van der Waals surface area contributed by atoms with Gasteiger partial charge in [0.25, 0.3) is 0 Å². The molecule has 1 unspecified atom stereocenters. The molecule has 0 saturated carbocycles. The van der Waals surface area contributed by atoms with E-state index in [1.807, 2.05) is 4.90 Å². The van der Waals surface area contributed by atoms with Gasteiger partial charge in [-0.15, -0.1) is 0 Å². The predicted octanol–water partition coefficient (Wildman–Crippen LogP) is 2.68. The molecule has 1 aromatic carbocycles. The van der Waals surface area contributed by atoms with Crippen LogP contribution in [0, 0.1) is 17.5 Å². The number of halogens is 3. The van der Waals surface area contributed by atoms with Gasteiger partial charge in [0.15, 0.2) is 17.5 Å². The van der Waals surface area contributed by atoms with Crippen LogP contribution in [0.4, 0.5) is 18.9 Å². The zero-order valence-electron chi connectivity index (χ0n) is 10.3. The van der Waals surface area contributed by atoms with Crippen LogP contribution in [0.3, 0.4) is 0 Å². The number of rotatable bonds is 2. The topological polar surface area (TPSA) is 15.3 Å². The first-order valence-electron chi connectivity index (χ1n) is 6.24. The van der Waals surface area contributed by atoms with Gasteiger partial charge >= 0.3 is 0 Å². The van der Waals surface area contributed by atoms with Gasteiger partial charge in [-0.25, -0.2) is 13.2 Å². The molecule has 0 aromatic heterocycles. The van der Waals surface area contributed by atoms with E-state index >= 15 is 0 Å². The fraction of sp³-hybridized carbons (Fsp3) is 0.538. The number of nitrogens with zero attached hydrogens (tertiary/aromatic N) is 1. The highest BCUT2D eigenvalue weighted by atomic mass is 19.2. The molecule has 0 aliphatic carbocycles. The Bertz CT molecular complexity index is 400. The van der Waals surface area contributed by atoms with Crippen molar-refractivity contribution in [2.45, 2.75) is 25.8 Å². The van der Waals surface area contributed by atoms with Crippen molar-refractivity contribution in [1.29, 1.82) is 0 Å². The van der Waals surface area contributed by atoms with Gasteiger partial charge in [0.1, 0.15) is 0 Å². The molecular formula is C13H17F3N2. The third kappa shape index (κ3) is 2.77. The van der Waals surface area contributed by atoms with Crippen LogP contribution in [0.1, 0.15) is 19.8 Å². The summed E-state index contributed by atoms with van der Waals surface area (Å²) in [6.45, 7) is 4.25. The summed E-state index contributed by atoms with van der Waals surface area (Å²) >= 11 is 0. The van der Waals surface area contributed by atoms with Crippen LogP contribution in [0.5, 0.6) is 0 Å². The summed E-state index contributed by atoms with van der Waals surface area (Å²) in [6, 6.07) is 2.56. The molecule has 100 valence electrons. The molecule has 0 bridgehead atoms. The van der Waals surface area contributed by atoms with Crippen molar-refractivity contribution in [1.82, 2.24) is 5.32 Å². The molecule has 0 amide bonds. The van der Waals surface area contributed by atoms with Crippen molar-refractivity contribution < 1.29 is 13.2 Å². The summed E-state index contributed by atoms with van der Waals surface area (Å²) in [5.41, 5.74) is 0.407. The summed E-state index contributed by atoms with van der Waals surface area (Å²) < 4.78 is 39.3. The highest BCUT2D eigenvalue weighted by molar-refractivity contribution is 5.47. The molecule has 2 nitrogen and oxygen atoms in total. The van der Waals surface area contributed by atoms with Gasteiger partial charge in [0, 0.05) is 43.5 Å². The third-order valence-corrected chi connectivity index (χ3v) is 3.39. The minimum absolute atomic E-state index is 0.407. The van der Waals surface area contributed by atoms with Crippen LogP contribution in [0.25, 0.3) is 0 Å². The van der Waals surface area contributed by atoms with E-state index in [0.717, 1.165) is 38.1 Å². The second-order valence-electron chi connectivity index (χ2n) is 4.56. The number of benzene rings is 1. The summed E-state index contributed by atoms with van der Waals surface area (Å²) in [5, 5.41) is 3.37. The Balaban J connectivity index is 2.16.